The van der Waals surface area contributed by atoms with Gasteiger partial charge in [-0.25, -0.2) is 8.78 Å². The van der Waals surface area contributed by atoms with Crippen molar-refractivity contribution in [3.63, 3.8) is 0 Å². The first-order valence-corrected chi connectivity index (χ1v) is 6.79. The molecule has 94 valence electrons. The summed E-state index contributed by atoms with van der Waals surface area (Å²) in [4.78, 5) is 0. The molecule has 0 aliphatic carbocycles. The Morgan fingerprint density at radius 3 is 2.47 bits per heavy atom. The average molecular weight is 258 g/mol. The smallest absolute Gasteiger partial charge is 0.126 e. The lowest BCUT2D eigenvalue weighted by Gasteiger charge is -2.29. The highest BCUT2D eigenvalue weighted by atomic mass is 32.2. The first-order valence-electron chi connectivity index (χ1n) is 5.74. The van der Waals surface area contributed by atoms with E-state index in [4.69, 9.17) is 5.84 Å². The van der Waals surface area contributed by atoms with Crippen LogP contribution in [-0.2, 0) is 0 Å². The van der Waals surface area contributed by atoms with Gasteiger partial charge in [0, 0.05) is 11.3 Å². The van der Waals surface area contributed by atoms with E-state index in [1.807, 2.05) is 11.8 Å². The van der Waals surface area contributed by atoms with Crippen LogP contribution in [0.5, 0.6) is 0 Å². The molecule has 1 aliphatic rings. The lowest BCUT2D eigenvalue weighted by atomic mass is 10.00. The van der Waals surface area contributed by atoms with Crippen molar-refractivity contribution < 1.29 is 8.78 Å². The maximum absolute atomic E-state index is 13.2. The SMILES string of the molecule is NNC(c1cc(F)cc(F)c1)C1CCCCS1. The first kappa shape index (κ1) is 12.8. The summed E-state index contributed by atoms with van der Waals surface area (Å²) in [5.41, 5.74) is 3.28. The molecule has 1 aromatic rings. The van der Waals surface area contributed by atoms with Crippen LogP contribution in [0.4, 0.5) is 8.78 Å². The largest absolute Gasteiger partial charge is 0.271 e. The van der Waals surface area contributed by atoms with Crippen LogP contribution < -0.4 is 11.3 Å². The molecular weight excluding hydrogens is 242 g/mol. The molecule has 0 saturated carbocycles. The summed E-state index contributed by atoms with van der Waals surface area (Å²) in [6.07, 6.45) is 3.38. The van der Waals surface area contributed by atoms with Crippen molar-refractivity contribution >= 4 is 11.8 Å². The second-order valence-corrected chi connectivity index (χ2v) is 5.60. The maximum Gasteiger partial charge on any atom is 0.126 e. The molecule has 2 rings (SSSR count). The van der Waals surface area contributed by atoms with Crippen LogP contribution in [0.2, 0.25) is 0 Å². The molecule has 1 saturated heterocycles. The number of nitrogens with two attached hydrogens (primary N) is 1. The molecule has 1 aromatic carbocycles. The number of halogens is 2. The number of hydrogen-bond acceptors (Lipinski definition) is 3. The lowest BCUT2D eigenvalue weighted by molar-refractivity contribution is 0.484. The summed E-state index contributed by atoms with van der Waals surface area (Å²) in [6, 6.07) is 3.39. The van der Waals surface area contributed by atoms with Gasteiger partial charge in [-0.15, -0.1) is 0 Å². The van der Waals surface area contributed by atoms with E-state index in [0.29, 0.717) is 5.56 Å². The lowest BCUT2D eigenvalue weighted by Crippen LogP contribution is -2.36. The first-order chi connectivity index (χ1) is 8.20. The zero-order chi connectivity index (χ0) is 12.3. The molecule has 17 heavy (non-hydrogen) atoms. The second kappa shape index (κ2) is 5.80. The molecular formula is C12H16F2N2S. The monoisotopic (exact) mass is 258 g/mol. The Morgan fingerprint density at radius 1 is 1.24 bits per heavy atom. The van der Waals surface area contributed by atoms with Gasteiger partial charge in [0.15, 0.2) is 0 Å². The minimum absolute atomic E-state index is 0.189. The molecule has 2 nitrogen and oxygen atoms in total. The highest BCUT2D eigenvalue weighted by molar-refractivity contribution is 8.00. The van der Waals surface area contributed by atoms with Crippen molar-refractivity contribution in [3.05, 3.63) is 35.4 Å². The molecule has 0 amide bonds. The van der Waals surface area contributed by atoms with E-state index in [9.17, 15) is 8.78 Å². The zero-order valence-corrected chi connectivity index (χ0v) is 10.3. The molecule has 0 aromatic heterocycles. The van der Waals surface area contributed by atoms with Crippen LogP contribution in [-0.4, -0.2) is 11.0 Å². The third-order valence-electron chi connectivity index (χ3n) is 3.01. The van der Waals surface area contributed by atoms with Gasteiger partial charge in [-0.3, -0.25) is 11.3 Å². The van der Waals surface area contributed by atoms with Crippen molar-refractivity contribution in [2.75, 3.05) is 5.75 Å². The van der Waals surface area contributed by atoms with E-state index in [-0.39, 0.29) is 11.3 Å². The van der Waals surface area contributed by atoms with Crippen molar-refractivity contribution in [2.24, 2.45) is 5.84 Å². The molecule has 3 N–H and O–H groups in total. The Hall–Kier alpha value is -0.650. The van der Waals surface area contributed by atoms with E-state index in [1.165, 1.54) is 18.6 Å². The molecule has 5 heteroatoms. The second-order valence-electron chi connectivity index (χ2n) is 4.25. The highest BCUT2D eigenvalue weighted by Crippen LogP contribution is 2.34. The molecule has 2 unspecified atom stereocenters. The fourth-order valence-electron chi connectivity index (χ4n) is 2.20. The van der Waals surface area contributed by atoms with Crippen molar-refractivity contribution in [1.29, 1.82) is 0 Å². The third kappa shape index (κ3) is 3.18. The number of nitrogens with one attached hydrogen (secondary N) is 1. The normalized spacial score (nSPS) is 22.4. The molecule has 1 heterocycles. The molecule has 0 spiro atoms. The van der Waals surface area contributed by atoms with Crippen molar-refractivity contribution in [3.8, 4) is 0 Å². The Kier molecular flexibility index (Phi) is 4.36. The third-order valence-corrected chi connectivity index (χ3v) is 4.47. The number of hydrazine groups is 1. The average Bonchev–Trinajstić information content (AvgIpc) is 2.30. The van der Waals surface area contributed by atoms with Gasteiger partial charge in [0.2, 0.25) is 0 Å². The van der Waals surface area contributed by atoms with Crippen molar-refractivity contribution in [1.82, 2.24) is 5.43 Å². The quantitative estimate of drug-likeness (QED) is 0.646. The fourth-order valence-corrected chi connectivity index (χ4v) is 3.64. The van der Waals surface area contributed by atoms with E-state index >= 15 is 0 Å². The number of thioether (sulfide) groups is 1. The van der Waals surface area contributed by atoms with Gasteiger partial charge in [0.05, 0.1) is 6.04 Å². The van der Waals surface area contributed by atoms with Gasteiger partial charge < -0.3 is 0 Å². The van der Waals surface area contributed by atoms with E-state index < -0.39 is 11.6 Å². The number of benzene rings is 1. The minimum Gasteiger partial charge on any atom is -0.271 e. The van der Waals surface area contributed by atoms with Gasteiger partial charge in [0.25, 0.3) is 0 Å². The zero-order valence-electron chi connectivity index (χ0n) is 9.46. The molecule has 0 bridgehead atoms. The van der Waals surface area contributed by atoms with Crippen LogP contribution in [0.15, 0.2) is 18.2 Å². The summed E-state index contributed by atoms with van der Waals surface area (Å²) >= 11 is 1.82. The maximum atomic E-state index is 13.2. The molecule has 1 fully saturated rings. The summed E-state index contributed by atoms with van der Waals surface area (Å²) in [5, 5.41) is 0.287. The van der Waals surface area contributed by atoms with Crippen LogP contribution in [0.3, 0.4) is 0 Å². The number of hydrogen-bond donors (Lipinski definition) is 2. The van der Waals surface area contributed by atoms with Crippen LogP contribution in [0, 0.1) is 11.6 Å². The van der Waals surface area contributed by atoms with E-state index in [2.05, 4.69) is 5.43 Å². The summed E-state index contributed by atoms with van der Waals surface area (Å²) in [6.45, 7) is 0. The fraction of sp³-hybridized carbons (Fsp3) is 0.500. The van der Waals surface area contributed by atoms with Gasteiger partial charge >= 0.3 is 0 Å². The highest BCUT2D eigenvalue weighted by Gasteiger charge is 2.25. The standard InChI is InChI=1S/C12H16F2N2S/c13-9-5-8(6-10(14)7-9)12(16-15)11-3-1-2-4-17-11/h5-7,11-12,16H,1-4,15H2. The van der Waals surface area contributed by atoms with Crippen molar-refractivity contribution in [2.45, 2.75) is 30.6 Å². The number of rotatable bonds is 3. The van der Waals surface area contributed by atoms with E-state index in [0.717, 1.165) is 24.7 Å². The summed E-state index contributed by atoms with van der Waals surface area (Å²) in [5.74, 6) is 5.50. The Morgan fingerprint density at radius 2 is 1.94 bits per heavy atom. The minimum atomic E-state index is -0.555. The predicted molar refractivity (Wildman–Crippen MR) is 66.5 cm³/mol. The van der Waals surface area contributed by atoms with Gasteiger partial charge in [-0.2, -0.15) is 11.8 Å². The van der Waals surface area contributed by atoms with Gasteiger partial charge in [-0.1, -0.05) is 6.42 Å². The van der Waals surface area contributed by atoms with Crippen LogP contribution >= 0.6 is 11.8 Å². The molecule has 0 radical (unpaired) electrons. The Balaban J connectivity index is 2.21. The molecule has 1 aliphatic heterocycles. The van der Waals surface area contributed by atoms with Gasteiger partial charge in [-0.05, 0) is 36.3 Å². The topological polar surface area (TPSA) is 38.0 Å². The predicted octanol–water partition coefficient (Wildman–Crippen LogP) is 2.75. The Bertz CT molecular complexity index is 361. The summed E-state index contributed by atoms with van der Waals surface area (Å²) < 4.78 is 26.4. The Labute approximate surface area is 104 Å². The summed E-state index contributed by atoms with van der Waals surface area (Å²) in [7, 11) is 0. The van der Waals surface area contributed by atoms with Crippen LogP contribution in [0.25, 0.3) is 0 Å². The van der Waals surface area contributed by atoms with E-state index in [1.54, 1.807) is 0 Å². The molecule has 2 atom stereocenters. The van der Waals surface area contributed by atoms with Crippen LogP contribution in [0.1, 0.15) is 30.9 Å². The van der Waals surface area contributed by atoms with Gasteiger partial charge in [0.1, 0.15) is 11.6 Å².